The van der Waals surface area contributed by atoms with Gasteiger partial charge < -0.3 is 14.1 Å². The Bertz CT molecular complexity index is 1350. The second-order valence-corrected chi connectivity index (χ2v) is 8.92. The quantitative estimate of drug-likeness (QED) is 0.358. The van der Waals surface area contributed by atoms with Crippen molar-refractivity contribution in [3.63, 3.8) is 0 Å². The number of anilines is 1. The molecule has 0 bridgehead atoms. The SMILES string of the molecule is Cc1coc(-c2cccc(Oc3nc4c(n3Cc3cccc(Br)c3)CN(C)C(=O)N4C)c2)n1. The third kappa shape index (κ3) is 4.11. The Labute approximate surface area is 199 Å². The second kappa shape index (κ2) is 8.40. The summed E-state index contributed by atoms with van der Waals surface area (Å²) < 4.78 is 14.8. The van der Waals surface area contributed by atoms with Crippen LogP contribution in [0.5, 0.6) is 11.8 Å². The van der Waals surface area contributed by atoms with Gasteiger partial charge in [0.25, 0.3) is 0 Å². The van der Waals surface area contributed by atoms with Gasteiger partial charge in [-0.3, -0.25) is 9.47 Å². The van der Waals surface area contributed by atoms with Crippen LogP contribution >= 0.6 is 15.9 Å². The average Bonchev–Trinajstić information content (AvgIpc) is 3.37. The molecule has 33 heavy (non-hydrogen) atoms. The number of rotatable bonds is 5. The maximum absolute atomic E-state index is 12.5. The normalized spacial score (nSPS) is 13.4. The molecular formula is C24H22BrN5O3. The number of halogens is 1. The molecule has 0 spiro atoms. The summed E-state index contributed by atoms with van der Waals surface area (Å²) in [6.45, 7) is 2.87. The van der Waals surface area contributed by atoms with Crippen LogP contribution in [0, 0.1) is 6.92 Å². The smallest absolute Gasteiger partial charge is 0.325 e. The Morgan fingerprint density at radius 1 is 1.12 bits per heavy atom. The lowest BCUT2D eigenvalue weighted by Gasteiger charge is -2.30. The van der Waals surface area contributed by atoms with Crippen LogP contribution < -0.4 is 9.64 Å². The first-order chi connectivity index (χ1) is 15.9. The van der Waals surface area contributed by atoms with Gasteiger partial charge in [-0.2, -0.15) is 4.98 Å². The van der Waals surface area contributed by atoms with Crippen molar-refractivity contribution in [3.8, 4) is 23.2 Å². The van der Waals surface area contributed by atoms with Crippen molar-refractivity contribution in [2.45, 2.75) is 20.0 Å². The highest BCUT2D eigenvalue weighted by Crippen LogP contribution is 2.34. The molecule has 0 aliphatic carbocycles. The van der Waals surface area contributed by atoms with Gasteiger partial charge in [0.1, 0.15) is 12.0 Å². The third-order valence-corrected chi connectivity index (χ3v) is 5.97. The van der Waals surface area contributed by atoms with Gasteiger partial charge in [0.15, 0.2) is 5.82 Å². The number of urea groups is 1. The molecule has 2 aromatic carbocycles. The van der Waals surface area contributed by atoms with E-state index < -0.39 is 0 Å². The number of fused-ring (bicyclic) bond motifs is 1. The van der Waals surface area contributed by atoms with E-state index in [9.17, 15) is 4.79 Å². The molecular weight excluding hydrogens is 486 g/mol. The van der Waals surface area contributed by atoms with E-state index in [-0.39, 0.29) is 6.03 Å². The summed E-state index contributed by atoms with van der Waals surface area (Å²) >= 11 is 3.54. The number of benzene rings is 2. The molecule has 2 aromatic heterocycles. The summed E-state index contributed by atoms with van der Waals surface area (Å²) in [5.74, 6) is 1.73. The number of hydrogen-bond acceptors (Lipinski definition) is 5. The Morgan fingerprint density at radius 3 is 2.70 bits per heavy atom. The summed E-state index contributed by atoms with van der Waals surface area (Å²) in [4.78, 5) is 24.8. The van der Waals surface area contributed by atoms with Gasteiger partial charge in [-0.15, -0.1) is 0 Å². The molecule has 0 fully saturated rings. The predicted octanol–water partition coefficient (Wildman–Crippen LogP) is 5.45. The maximum Gasteiger partial charge on any atom is 0.325 e. The highest BCUT2D eigenvalue weighted by molar-refractivity contribution is 9.10. The minimum Gasteiger partial charge on any atom is -0.444 e. The standard InChI is InChI=1S/C24H22BrN5O3/c1-15-14-32-22(26-15)17-7-5-9-19(11-17)33-23-27-21-20(13-28(2)24(31)29(21)3)30(23)12-16-6-4-8-18(25)10-16/h4-11,14H,12-13H2,1-3H3. The van der Waals surface area contributed by atoms with E-state index in [1.54, 1.807) is 30.2 Å². The van der Waals surface area contributed by atoms with Gasteiger partial charge in [-0.05, 0) is 42.8 Å². The van der Waals surface area contributed by atoms with E-state index in [1.807, 2.05) is 54.0 Å². The van der Waals surface area contributed by atoms with Crippen LogP contribution in [0.15, 0.2) is 63.7 Å². The number of carbonyl (C=O) groups is 1. The molecule has 0 saturated carbocycles. The van der Waals surface area contributed by atoms with Crippen molar-refractivity contribution in [1.29, 1.82) is 0 Å². The second-order valence-electron chi connectivity index (χ2n) is 8.00. The first-order valence-corrected chi connectivity index (χ1v) is 11.2. The molecule has 0 saturated heterocycles. The van der Waals surface area contributed by atoms with E-state index in [0.717, 1.165) is 27.0 Å². The van der Waals surface area contributed by atoms with E-state index >= 15 is 0 Å². The molecule has 8 nitrogen and oxygen atoms in total. The zero-order valence-electron chi connectivity index (χ0n) is 18.4. The zero-order valence-corrected chi connectivity index (χ0v) is 20.0. The van der Waals surface area contributed by atoms with E-state index in [1.165, 1.54) is 0 Å². The summed E-state index contributed by atoms with van der Waals surface area (Å²) in [5, 5.41) is 0. The Kier molecular flexibility index (Phi) is 5.41. The summed E-state index contributed by atoms with van der Waals surface area (Å²) in [5.41, 5.74) is 3.61. The summed E-state index contributed by atoms with van der Waals surface area (Å²) in [6.07, 6.45) is 1.62. The number of imidazole rings is 1. The number of aryl methyl sites for hydroxylation is 1. The van der Waals surface area contributed by atoms with Crippen LogP contribution in [0.2, 0.25) is 0 Å². The topological polar surface area (TPSA) is 76.6 Å². The van der Waals surface area contributed by atoms with Gasteiger partial charge in [-0.25, -0.2) is 9.78 Å². The van der Waals surface area contributed by atoms with Gasteiger partial charge >= 0.3 is 12.0 Å². The number of carbonyl (C=O) groups excluding carboxylic acids is 1. The lowest BCUT2D eigenvalue weighted by Crippen LogP contribution is -2.43. The highest BCUT2D eigenvalue weighted by Gasteiger charge is 2.32. The molecule has 1 aliphatic heterocycles. The fourth-order valence-electron chi connectivity index (χ4n) is 3.86. The van der Waals surface area contributed by atoms with Gasteiger partial charge in [0, 0.05) is 24.1 Å². The summed E-state index contributed by atoms with van der Waals surface area (Å²) in [7, 11) is 3.50. The van der Waals surface area contributed by atoms with Crippen LogP contribution in [0.4, 0.5) is 10.6 Å². The number of nitrogens with zero attached hydrogens (tertiary/aromatic N) is 5. The van der Waals surface area contributed by atoms with Crippen LogP contribution in [-0.2, 0) is 13.1 Å². The largest absolute Gasteiger partial charge is 0.444 e. The summed E-state index contributed by atoms with van der Waals surface area (Å²) in [6, 6.07) is 15.9. The molecule has 2 amide bonds. The lowest BCUT2D eigenvalue weighted by molar-refractivity contribution is 0.210. The van der Waals surface area contributed by atoms with Gasteiger partial charge in [0.05, 0.1) is 24.5 Å². The fraction of sp³-hybridized carbons (Fsp3) is 0.208. The number of ether oxygens (including phenoxy) is 1. The minimum atomic E-state index is -0.109. The van der Waals surface area contributed by atoms with Crippen LogP contribution in [-0.4, -0.2) is 39.6 Å². The number of aromatic nitrogens is 3. The van der Waals surface area contributed by atoms with E-state index in [0.29, 0.717) is 36.6 Å². The molecule has 5 rings (SSSR count). The molecule has 0 unspecified atom stereocenters. The molecule has 0 N–H and O–H groups in total. The first kappa shape index (κ1) is 21.3. The van der Waals surface area contributed by atoms with Crippen LogP contribution in [0.1, 0.15) is 17.0 Å². The number of hydrogen-bond donors (Lipinski definition) is 0. The maximum atomic E-state index is 12.5. The number of amides is 2. The predicted molar refractivity (Wildman–Crippen MR) is 127 cm³/mol. The van der Waals surface area contributed by atoms with Crippen molar-refractivity contribution in [2.24, 2.45) is 0 Å². The van der Waals surface area contributed by atoms with Gasteiger partial charge in [-0.1, -0.05) is 34.1 Å². The van der Waals surface area contributed by atoms with Crippen molar-refractivity contribution in [1.82, 2.24) is 19.4 Å². The van der Waals surface area contributed by atoms with Crippen LogP contribution in [0.3, 0.4) is 0 Å². The molecule has 168 valence electrons. The van der Waals surface area contributed by atoms with E-state index in [4.69, 9.17) is 14.1 Å². The highest BCUT2D eigenvalue weighted by atomic mass is 79.9. The molecule has 0 atom stereocenters. The zero-order chi connectivity index (χ0) is 23.1. The van der Waals surface area contributed by atoms with Gasteiger partial charge in [0.2, 0.25) is 5.89 Å². The Balaban J connectivity index is 1.55. The molecule has 1 aliphatic rings. The average molecular weight is 508 g/mol. The Morgan fingerprint density at radius 2 is 1.94 bits per heavy atom. The number of oxazole rings is 1. The van der Waals surface area contributed by atoms with Crippen LogP contribution in [0.25, 0.3) is 11.5 Å². The molecule has 3 heterocycles. The first-order valence-electron chi connectivity index (χ1n) is 10.4. The Hall–Kier alpha value is -3.59. The van der Waals surface area contributed by atoms with Crippen molar-refractivity contribution in [2.75, 3.05) is 19.0 Å². The van der Waals surface area contributed by atoms with Crippen molar-refractivity contribution >= 4 is 27.8 Å². The van der Waals surface area contributed by atoms with E-state index in [2.05, 4.69) is 27.0 Å². The third-order valence-electron chi connectivity index (χ3n) is 5.47. The molecule has 0 radical (unpaired) electrons. The fourth-order valence-corrected chi connectivity index (χ4v) is 4.31. The lowest BCUT2D eigenvalue weighted by atomic mass is 10.2. The molecule has 4 aromatic rings. The minimum absolute atomic E-state index is 0.109. The molecule has 9 heteroatoms. The van der Waals surface area contributed by atoms with Crippen molar-refractivity contribution in [3.05, 3.63) is 76.2 Å². The van der Waals surface area contributed by atoms with Crippen molar-refractivity contribution < 1.29 is 13.9 Å². The monoisotopic (exact) mass is 507 g/mol.